The Bertz CT molecular complexity index is 485. The lowest BCUT2D eigenvalue weighted by Gasteiger charge is -1.90. The number of carbonyl (C=O) groups excluding carboxylic acids is 2. The van der Waals surface area contributed by atoms with Gasteiger partial charge in [-0.25, -0.2) is 9.59 Å². The van der Waals surface area contributed by atoms with E-state index in [0.29, 0.717) is 0 Å². The summed E-state index contributed by atoms with van der Waals surface area (Å²) in [5.41, 5.74) is 4.20. The molecule has 0 unspecified atom stereocenters. The highest BCUT2D eigenvalue weighted by Gasteiger charge is 2.06. The van der Waals surface area contributed by atoms with Crippen molar-refractivity contribution in [3.8, 4) is 0 Å². The lowest BCUT2D eigenvalue weighted by Crippen LogP contribution is -2.29. The van der Waals surface area contributed by atoms with Crippen LogP contribution in [-0.4, -0.2) is 38.8 Å². The summed E-state index contributed by atoms with van der Waals surface area (Å²) in [4.78, 5) is 32.7. The van der Waals surface area contributed by atoms with E-state index in [-0.39, 0.29) is 6.54 Å². The Labute approximate surface area is 89.1 Å². The Hall–Kier alpha value is -2.45. The summed E-state index contributed by atoms with van der Waals surface area (Å²) >= 11 is 0. The van der Waals surface area contributed by atoms with Gasteiger partial charge in [0.25, 0.3) is 0 Å². The minimum atomic E-state index is -0.717. The van der Waals surface area contributed by atoms with Crippen molar-refractivity contribution in [2.75, 3.05) is 7.11 Å². The monoisotopic (exact) mass is 227 g/mol. The molecule has 1 amide bonds. The number of amides is 1. The molecule has 0 saturated carbocycles. The van der Waals surface area contributed by atoms with Crippen LogP contribution in [0, 0.1) is 0 Å². The quantitative estimate of drug-likeness (QED) is 0.450. The van der Waals surface area contributed by atoms with E-state index in [1.807, 2.05) is 0 Å². The predicted molar refractivity (Wildman–Crippen MR) is 50.8 cm³/mol. The van der Waals surface area contributed by atoms with E-state index in [2.05, 4.69) is 15.2 Å². The van der Waals surface area contributed by atoms with E-state index in [1.165, 1.54) is 7.11 Å². The van der Waals surface area contributed by atoms with Gasteiger partial charge >= 0.3 is 11.7 Å². The second kappa shape index (κ2) is 4.87. The summed E-state index contributed by atoms with van der Waals surface area (Å²) in [6.45, 7) is -0.370. The zero-order valence-electron chi connectivity index (χ0n) is 8.36. The molecule has 0 aliphatic rings. The normalized spacial score (nSPS) is 10.6. The number of esters is 1. The fourth-order valence-corrected chi connectivity index (χ4v) is 0.826. The van der Waals surface area contributed by atoms with E-state index < -0.39 is 17.6 Å². The third-order valence-electron chi connectivity index (χ3n) is 1.52. The topological polar surface area (TPSA) is 122 Å². The van der Waals surface area contributed by atoms with Crippen molar-refractivity contribution < 1.29 is 14.3 Å². The highest BCUT2D eigenvalue weighted by molar-refractivity contribution is 5.84. The van der Waals surface area contributed by atoms with Crippen molar-refractivity contribution in [2.24, 2.45) is 5.73 Å². The number of rotatable bonds is 4. The van der Waals surface area contributed by atoms with Crippen LogP contribution in [0.25, 0.3) is 6.20 Å². The number of aromatic nitrogens is 4. The zero-order valence-corrected chi connectivity index (χ0v) is 8.36. The van der Waals surface area contributed by atoms with Crippen LogP contribution in [0.5, 0.6) is 0 Å². The molecule has 16 heavy (non-hydrogen) atoms. The molecule has 1 heterocycles. The fourth-order valence-electron chi connectivity index (χ4n) is 0.826. The lowest BCUT2D eigenvalue weighted by atomic mass is 10.6. The van der Waals surface area contributed by atoms with Crippen molar-refractivity contribution in [3.05, 3.63) is 16.6 Å². The molecule has 0 spiro atoms. The third-order valence-corrected chi connectivity index (χ3v) is 1.52. The van der Waals surface area contributed by atoms with Gasteiger partial charge in [-0.2, -0.15) is 9.36 Å². The Kier molecular flexibility index (Phi) is 3.53. The molecule has 1 aromatic heterocycles. The molecule has 0 aromatic carbocycles. The minimum Gasteiger partial charge on any atom is -0.466 e. The summed E-state index contributed by atoms with van der Waals surface area (Å²) < 4.78 is 5.86. The van der Waals surface area contributed by atoms with Crippen LogP contribution in [0.4, 0.5) is 0 Å². The highest BCUT2D eigenvalue weighted by Crippen LogP contribution is 1.81. The first kappa shape index (κ1) is 11.6. The Balaban J connectivity index is 2.88. The first-order valence-corrected chi connectivity index (χ1v) is 4.11. The summed E-state index contributed by atoms with van der Waals surface area (Å²) in [6, 6.07) is 0. The van der Waals surface area contributed by atoms with E-state index in [4.69, 9.17) is 5.73 Å². The van der Waals surface area contributed by atoms with Gasteiger partial charge in [0.05, 0.1) is 7.11 Å². The van der Waals surface area contributed by atoms with Gasteiger partial charge in [-0.1, -0.05) is 0 Å². The zero-order chi connectivity index (χ0) is 12.1. The van der Waals surface area contributed by atoms with Crippen LogP contribution in [0.2, 0.25) is 0 Å². The van der Waals surface area contributed by atoms with Crippen LogP contribution in [0.1, 0.15) is 0 Å². The van der Waals surface area contributed by atoms with E-state index in [0.717, 1.165) is 21.6 Å². The molecule has 0 fully saturated rings. The molecular weight excluding hydrogens is 218 g/mol. The largest absolute Gasteiger partial charge is 0.466 e. The van der Waals surface area contributed by atoms with Crippen LogP contribution in [0.15, 0.2) is 10.9 Å². The van der Waals surface area contributed by atoms with Crippen molar-refractivity contribution >= 4 is 18.1 Å². The number of nitrogens with zero attached hydrogens (tertiary/aromatic N) is 4. The maximum Gasteiger partial charge on any atom is 0.368 e. The van der Waals surface area contributed by atoms with Crippen molar-refractivity contribution in [1.82, 2.24) is 19.8 Å². The molecule has 86 valence electrons. The third kappa shape index (κ3) is 2.77. The molecule has 0 saturated heterocycles. The molecule has 0 radical (unpaired) electrons. The number of tetrazole rings is 1. The van der Waals surface area contributed by atoms with Gasteiger partial charge in [0.15, 0.2) is 0 Å². The Morgan fingerprint density at radius 3 is 2.75 bits per heavy atom. The van der Waals surface area contributed by atoms with Crippen molar-refractivity contribution in [1.29, 1.82) is 0 Å². The number of hydrogen-bond acceptors (Lipinski definition) is 6. The fraction of sp³-hybridized carbons (Fsp3) is 0.286. The van der Waals surface area contributed by atoms with Gasteiger partial charge in [0.1, 0.15) is 6.54 Å². The summed E-state index contributed by atoms with van der Waals surface area (Å²) in [6.07, 6.45) is 2.06. The summed E-state index contributed by atoms with van der Waals surface area (Å²) in [5.74, 6) is -1.36. The average molecular weight is 227 g/mol. The highest BCUT2D eigenvalue weighted by atomic mass is 16.5. The molecule has 9 heteroatoms. The Morgan fingerprint density at radius 1 is 1.50 bits per heavy atom. The van der Waals surface area contributed by atoms with Crippen LogP contribution in [0.3, 0.4) is 0 Å². The molecule has 9 nitrogen and oxygen atoms in total. The summed E-state index contributed by atoms with van der Waals surface area (Å²) in [5, 5.41) is 6.76. The molecule has 1 aromatic rings. The van der Waals surface area contributed by atoms with Gasteiger partial charge < -0.3 is 10.5 Å². The van der Waals surface area contributed by atoms with E-state index >= 15 is 0 Å². The second-order valence-electron chi connectivity index (χ2n) is 2.67. The minimum absolute atomic E-state index is 0.370. The molecular formula is C7H9N5O4. The number of carbonyl (C=O) groups is 2. The van der Waals surface area contributed by atoms with Gasteiger partial charge in [-0.15, -0.1) is 0 Å². The number of methoxy groups -OCH3 is 1. The van der Waals surface area contributed by atoms with Crippen molar-refractivity contribution in [2.45, 2.75) is 6.54 Å². The van der Waals surface area contributed by atoms with Crippen LogP contribution < -0.4 is 11.4 Å². The first-order valence-electron chi connectivity index (χ1n) is 4.11. The first-order chi connectivity index (χ1) is 7.54. The van der Waals surface area contributed by atoms with Gasteiger partial charge in [0, 0.05) is 12.3 Å². The van der Waals surface area contributed by atoms with Crippen molar-refractivity contribution in [3.63, 3.8) is 0 Å². The summed E-state index contributed by atoms with van der Waals surface area (Å²) in [7, 11) is 1.19. The number of ether oxygens (including phenoxy) is 1. The van der Waals surface area contributed by atoms with E-state index in [1.54, 1.807) is 0 Å². The standard InChI is InChI=1S/C7H9N5O4/c1-16-6(14)2-3-11-7(15)12(10-9-11)4-5(8)13/h2-3H,4H2,1H3,(H2,8,13). The molecule has 0 atom stereocenters. The lowest BCUT2D eigenvalue weighted by molar-refractivity contribution is -0.134. The second-order valence-corrected chi connectivity index (χ2v) is 2.67. The number of primary amides is 1. The average Bonchev–Trinajstić information content (AvgIpc) is 2.56. The maximum absolute atomic E-state index is 11.4. The van der Waals surface area contributed by atoms with Gasteiger partial charge in [0.2, 0.25) is 5.91 Å². The van der Waals surface area contributed by atoms with E-state index in [9.17, 15) is 14.4 Å². The SMILES string of the molecule is COC(=O)C=Cn1nnn(CC(N)=O)c1=O. The van der Waals surface area contributed by atoms with Crippen LogP contribution >= 0.6 is 0 Å². The molecule has 0 aliphatic carbocycles. The Morgan fingerprint density at radius 2 is 2.19 bits per heavy atom. The van der Waals surface area contributed by atoms with Gasteiger partial charge in [-0.05, 0) is 10.4 Å². The molecule has 1 rings (SSSR count). The predicted octanol–water partition coefficient (Wildman–Crippen LogP) is -2.43. The smallest absolute Gasteiger partial charge is 0.368 e. The molecule has 0 bridgehead atoms. The number of nitrogens with two attached hydrogens (primary N) is 1. The van der Waals surface area contributed by atoms with Gasteiger partial charge in [-0.3, -0.25) is 4.79 Å². The molecule has 2 N–H and O–H groups in total. The maximum atomic E-state index is 11.4. The van der Waals surface area contributed by atoms with Crippen LogP contribution in [-0.2, 0) is 20.9 Å². The molecule has 0 aliphatic heterocycles. The number of hydrogen-bond donors (Lipinski definition) is 1.